The Hall–Kier alpha value is -1.63. The molecule has 4 rings (SSSR count). The second kappa shape index (κ2) is 6.22. The Morgan fingerprint density at radius 1 is 1.12 bits per heavy atom. The number of fused-ring (bicyclic) bond motifs is 1. The van der Waals surface area contributed by atoms with E-state index in [9.17, 15) is 4.79 Å². The van der Waals surface area contributed by atoms with Crippen molar-refractivity contribution in [3.8, 4) is 0 Å². The van der Waals surface area contributed by atoms with Crippen LogP contribution in [0.5, 0.6) is 0 Å². The van der Waals surface area contributed by atoms with E-state index in [2.05, 4.69) is 38.5 Å². The molecule has 0 spiro atoms. The molecule has 1 aromatic heterocycles. The van der Waals surface area contributed by atoms with E-state index in [1.54, 1.807) is 0 Å². The Morgan fingerprint density at radius 3 is 2.38 bits per heavy atom. The monoisotopic (exact) mass is 355 g/mol. The maximum atomic E-state index is 11.3. The molecule has 5 nitrogen and oxygen atoms in total. The van der Waals surface area contributed by atoms with Gasteiger partial charge in [0.05, 0.1) is 11.2 Å². The molecule has 0 bridgehead atoms. The van der Waals surface area contributed by atoms with Crippen LogP contribution in [-0.2, 0) is 14.0 Å². The van der Waals surface area contributed by atoms with Gasteiger partial charge in [-0.15, -0.1) is 0 Å². The lowest BCUT2D eigenvalue weighted by Gasteiger charge is -2.32. The third-order valence-electron chi connectivity index (χ3n) is 6.12. The number of carbonyl (C=O) groups excluding carboxylic acids is 1. The summed E-state index contributed by atoms with van der Waals surface area (Å²) in [6.07, 6.45) is 4.99. The van der Waals surface area contributed by atoms with Crippen molar-refractivity contribution in [3.05, 3.63) is 30.0 Å². The van der Waals surface area contributed by atoms with Gasteiger partial charge in [0.15, 0.2) is 0 Å². The molecule has 0 unspecified atom stereocenters. The third-order valence-corrected chi connectivity index (χ3v) is 6.12. The quantitative estimate of drug-likeness (QED) is 0.627. The summed E-state index contributed by atoms with van der Waals surface area (Å²) in [7, 11) is -0.411. The summed E-state index contributed by atoms with van der Waals surface area (Å²) in [5.41, 5.74) is 2.01. The van der Waals surface area contributed by atoms with Gasteiger partial charge in [-0.25, -0.2) is 0 Å². The largest absolute Gasteiger partial charge is 0.497 e. The Morgan fingerprint density at radius 2 is 1.77 bits per heavy atom. The van der Waals surface area contributed by atoms with Crippen molar-refractivity contribution >= 4 is 29.8 Å². The van der Waals surface area contributed by atoms with Crippen LogP contribution in [0.1, 0.15) is 56.9 Å². The van der Waals surface area contributed by atoms with E-state index in [1.807, 2.05) is 18.2 Å². The van der Waals surface area contributed by atoms with Gasteiger partial charge in [-0.05, 0) is 52.0 Å². The van der Waals surface area contributed by atoms with Crippen molar-refractivity contribution in [2.75, 3.05) is 13.2 Å². The Balaban J connectivity index is 1.81. The van der Waals surface area contributed by atoms with Crippen LogP contribution < -0.4 is 5.46 Å². The highest BCUT2D eigenvalue weighted by Crippen LogP contribution is 2.37. The van der Waals surface area contributed by atoms with Gasteiger partial charge in [0.1, 0.15) is 6.29 Å². The number of hydrogen-bond acceptors (Lipinski definition) is 4. The van der Waals surface area contributed by atoms with Crippen molar-refractivity contribution in [1.82, 2.24) is 4.57 Å². The van der Waals surface area contributed by atoms with Crippen LogP contribution in [0.4, 0.5) is 0 Å². The van der Waals surface area contributed by atoms with Crippen LogP contribution >= 0.6 is 0 Å². The second-order valence-electron chi connectivity index (χ2n) is 8.32. The zero-order valence-corrected chi connectivity index (χ0v) is 16.0. The van der Waals surface area contributed by atoms with Crippen molar-refractivity contribution in [2.45, 2.75) is 57.8 Å². The molecule has 138 valence electrons. The fourth-order valence-electron chi connectivity index (χ4n) is 3.79. The van der Waals surface area contributed by atoms with Gasteiger partial charge in [0.2, 0.25) is 0 Å². The number of benzene rings is 1. The van der Waals surface area contributed by atoms with E-state index in [0.29, 0.717) is 11.6 Å². The molecule has 2 aliphatic rings. The lowest BCUT2D eigenvalue weighted by molar-refractivity contribution is 0.00578. The van der Waals surface area contributed by atoms with Crippen molar-refractivity contribution in [2.24, 2.45) is 0 Å². The topological polar surface area (TPSA) is 49.7 Å². The summed E-state index contributed by atoms with van der Waals surface area (Å²) in [4.78, 5) is 11.3. The molecular formula is C20H26BNO4. The van der Waals surface area contributed by atoms with E-state index in [4.69, 9.17) is 14.0 Å². The van der Waals surface area contributed by atoms with E-state index in [-0.39, 0.29) is 11.2 Å². The summed E-state index contributed by atoms with van der Waals surface area (Å²) in [5, 5.41) is 1.08. The smallest absolute Gasteiger partial charge is 0.399 e. The maximum absolute atomic E-state index is 11.3. The van der Waals surface area contributed by atoms with E-state index in [0.717, 1.165) is 48.7 Å². The average Bonchev–Trinajstić information content (AvgIpc) is 3.09. The van der Waals surface area contributed by atoms with E-state index < -0.39 is 7.12 Å². The Bertz CT molecular complexity index is 820. The predicted octanol–water partition coefficient (Wildman–Crippen LogP) is 3.10. The van der Waals surface area contributed by atoms with Gasteiger partial charge in [-0.2, -0.15) is 0 Å². The SMILES string of the molecule is CC1(C)OB(c2cn(C3CCOCC3)c3cc(C=O)ccc23)OC1(C)C. The van der Waals surface area contributed by atoms with E-state index >= 15 is 0 Å². The van der Waals surface area contributed by atoms with Gasteiger partial charge in [0, 0.05) is 42.0 Å². The van der Waals surface area contributed by atoms with Crippen LogP contribution in [0.3, 0.4) is 0 Å². The molecule has 2 aliphatic heterocycles. The average molecular weight is 355 g/mol. The highest BCUT2D eigenvalue weighted by Gasteiger charge is 2.52. The van der Waals surface area contributed by atoms with Crippen LogP contribution in [0.2, 0.25) is 0 Å². The lowest BCUT2D eigenvalue weighted by atomic mass is 9.79. The maximum Gasteiger partial charge on any atom is 0.497 e. The summed E-state index contributed by atoms with van der Waals surface area (Å²) in [6, 6.07) is 6.20. The van der Waals surface area contributed by atoms with Crippen LogP contribution in [0.25, 0.3) is 10.9 Å². The third kappa shape index (κ3) is 2.80. The molecule has 6 heteroatoms. The molecule has 0 atom stereocenters. The number of aldehydes is 1. The molecule has 1 aromatic carbocycles. The molecule has 0 amide bonds. The van der Waals surface area contributed by atoms with Crippen molar-refractivity contribution in [1.29, 1.82) is 0 Å². The fraction of sp³-hybridized carbons (Fsp3) is 0.550. The fourth-order valence-corrected chi connectivity index (χ4v) is 3.79. The molecule has 2 saturated heterocycles. The van der Waals surface area contributed by atoms with Gasteiger partial charge in [-0.3, -0.25) is 4.79 Å². The second-order valence-corrected chi connectivity index (χ2v) is 8.32. The zero-order chi connectivity index (χ0) is 18.5. The number of ether oxygens (including phenoxy) is 1. The number of rotatable bonds is 3. The summed E-state index contributed by atoms with van der Waals surface area (Å²) >= 11 is 0. The zero-order valence-electron chi connectivity index (χ0n) is 16.0. The first-order valence-electron chi connectivity index (χ1n) is 9.35. The first-order valence-corrected chi connectivity index (χ1v) is 9.35. The van der Waals surface area contributed by atoms with Gasteiger partial charge in [0.25, 0.3) is 0 Å². The minimum absolute atomic E-state index is 0.365. The van der Waals surface area contributed by atoms with Gasteiger partial charge < -0.3 is 18.6 Å². The molecule has 0 saturated carbocycles. The minimum atomic E-state index is -0.411. The minimum Gasteiger partial charge on any atom is -0.399 e. The summed E-state index contributed by atoms with van der Waals surface area (Å²) < 4.78 is 20.4. The molecule has 3 heterocycles. The van der Waals surface area contributed by atoms with Crippen molar-refractivity contribution < 1.29 is 18.8 Å². The lowest BCUT2D eigenvalue weighted by Crippen LogP contribution is -2.41. The predicted molar refractivity (Wildman–Crippen MR) is 102 cm³/mol. The van der Waals surface area contributed by atoms with Gasteiger partial charge >= 0.3 is 7.12 Å². The first kappa shape index (κ1) is 17.8. The molecular weight excluding hydrogens is 329 g/mol. The molecule has 0 aliphatic carbocycles. The number of hydrogen-bond donors (Lipinski definition) is 0. The molecule has 0 N–H and O–H groups in total. The van der Waals surface area contributed by atoms with Crippen LogP contribution in [-0.4, -0.2) is 42.4 Å². The van der Waals surface area contributed by atoms with Crippen LogP contribution in [0, 0.1) is 0 Å². The summed E-state index contributed by atoms with van der Waals surface area (Å²) in [5.74, 6) is 0. The molecule has 0 radical (unpaired) electrons. The Kier molecular flexibility index (Phi) is 4.25. The summed E-state index contributed by atoms with van der Waals surface area (Å²) in [6.45, 7) is 9.79. The number of carbonyl (C=O) groups is 1. The van der Waals surface area contributed by atoms with Crippen LogP contribution in [0.15, 0.2) is 24.4 Å². The Labute approximate surface area is 154 Å². The van der Waals surface area contributed by atoms with Crippen molar-refractivity contribution in [3.63, 3.8) is 0 Å². The standard InChI is InChI=1S/C20H26BNO4/c1-19(2)20(3,4)26-21(25-19)17-12-22(15-7-9-24-10-8-15)18-11-14(13-23)5-6-16(17)18/h5-6,11-13,15H,7-10H2,1-4H3. The molecule has 2 fully saturated rings. The van der Waals surface area contributed by atoms with Gasteiger partial charge in [-0.1, -0.05) is 12.1 Å². The normalized spacial score (nSPS) is 22.8. The highest BCUT2D eigenvalue weighted by molar-refractivity contribution is 6.65. The number of nitrogens with zero attached hydrogens (tertiary/aromatic N) is 1. The van der Waals surface area contributed by atoms with E-state index in [1.165, 1.54) is 0 Å². The highest BCUT2D eigenvalue weighted by atomic mass is 16.7. The molecule has 2 aromatic rings. The molecule has 26 heavy (non-hydrogen) atoms. The first-order chi connectivity index (χ1) is 12.3. The number of aromatic nitrogens is 1.